The third kappa shape index (κ3) is 2.68. The average molecular weight is 207 g/mol. The molecule has 0 bridgehead atoms. The van der Waals surface area contributed by atoms with Gasteiger partial charge in [0.25, 0.3) is 0 Å². The minimum absolute atomic E-state index is 0.469. The van der Waals surface area contributed by atoms with Crippen molar-refractivity contribution in [3.8, 4) is 0 Å². The van der Waals surface area contributed by atoms with Gasteiger partial charge < -0.3 is 0 Å². The fourth-order valence-electron chi connectivity index (χ4n) is 1.28. The molecule has 0 amide bonds. The Morgan fingerprint density at radius 1 is 1.14 bits per heavy atom. The SMILES string of the molecule is CC(C)(C)[Si](C)(C)Cc1ccncc1. The molecule has 0 aromatic carbocycles. The molecular weight excluding hydrogens is 186 g/mol. The smallest absolute Gasteiger partial charge is 0.0571 e. The summed E-state index contributed by atoms with van der Waals surface area (Å²) in [5, 5.41) is 0.469. The maximum absolute atomic E-state index is 4.05. The minimum Gasteiger partial charge on any atom is -0.265 e. The van der Waals surface area contributed by atoms with Gasteiger partial charge in [-0.15, -0.1) is 0 Å². The second-order valence-corrected chi connectivity index (χ2v) is 11.3. The van der Waals surface area contributed by atoms with E-state index in [1.165, 1.54) is 11.6 Å². The van der Waals surface area contributed by atoms with Crippen molar-refractivity contribution < 1.29 is 0 Å². The van der Waals surface area contributed by atoms with Gasteiger partial charge in [-0.05, 0) is 28.8 Å². The van der Waals surface area contributed by atoms with E-state index < -0.39 is 8.07 Å². The highest BCUT2D eigenvalue weighted by Crippen LogP contribution is 2.37. The van der Waals surface area contributed by atoms with E-state index in [-0.39, 0.29) is 0 Å². The lowest BCUT2D eigenvalue weighted by atomic mass is 10.2. The molecular formula is C12H21NSi. The second kappa shape index (κ2) is 3.85. The lowest BCUT2D eigenvalue weighted by Gasteiger charge is -2.37. The molecule has 1 nitrogen and oxygen atoms in total. The summed E-state index contributed by atoms with van der Waals surface area (Å²) in [6.45, 7) is 12.0. The zero-order valence-electron chi connectivity index (χ0n) is 9.96. The number of aromatic nitrogens is 1. The Labute approximate surface area is 88.6 Å². The van der Waals surface area contributed by atoms with Gasteiger partial charge in [0.05, 0.1) is 8.07 Å². The van der Waals surface area contributed by atoms with Crippen molar-refractivity contribution in [1.82, 2.24) is 4.98 Å². The highest BCUT2D eigenvalue weighted by molar-refractivity contribution is 6.79. The molecule has 0 unspecified atom stereocenters. The topological polar surface area (TPSA) is 12.9 Å². The van der Waals surface area contributed by atoms with Crippen molar-refractivity contribution >= 4 is 8.07 Å². The molecule has 78 valence electrons. The first kappa shape index (κ1) is 11.4. The number of nitrogens with zero attached hydrogens (tertiary/aromatic N) is 1. The lowest BCUT2D eigenvalue weighted by molar-refractivity contribution is 0.713. The minimum atomic E-state index is -1.17. The first-order valence-electron chi connectivity index (χ1n) is 5.22. The summed E-state index contributed by atoms with van der Waals surface area (Å²) in [4.78, 5) is 4.05. The maximum Gasteiger partial charge on any atom is 0.0571 e. The molecule has 14 heavy (non-hydrogen) atoms. The molecule has 0 aliphatic rings. The molecule has 0 N–H and O–H groups in total. The molecule has 0 spiro atoms. The van der Waals surface area contributed by atoms with Crippen LogP contribution in [-0.4, -0.2) is 13.1 Å². The van der Waals surface area contributed by atoms with Crippen molar-refractivity contribution in [2.24, 2.45) is 0 Å². The van der Waals surface area contributed by atoms with Crippen molar-refractivity contribution in [2.45, 2.75) is 44.9 Å². The number of hydrogen-bond donors (Lipinski definition) is 0. The molecule has 0 atom stereocenters. The monoisotopic (exact) mass is 207 g/mol. The van der Waals surface area contributed by atoms with Gasteiger partial charge in [-0.1, -0.05) is 33.9 Å². The van der Waals surface area contributed by atoms with Gasteiger partial charge in [0.1, 0.15) is 0 Å². The Balaban J connectivity index is 2.79. The van der Waals surface area contributed by atoms with Gasteiger partial charge in [0, 0.05) is 12.4 Å². The van der Waals surface area contributed by atoms with E-state index in [1.54, 1.807) is 0 Å². The van der Waals surface area contributed by atoms with Crippen LogP contribution in [0.2, 0.25) is 18.1 Å². The predicted octanol–water partition coefficient (Wildman–Crippen LogP) is 3.67. The summed E-state index contributed by atoms with van der Waals surface area (Å²) < 4.78 is 0. The van der Waals surface area contributed by atoms with E-state index in [2.05, 4.69) is 51.0 Å². The Kier molecular flexibility index (Phi) is 3.15. The fourth-order valence-corrected chi connectivity index (χ4v) is 3.06. The molecule has 0 fully saturated rings. The summed E-state index contributed by atoms with van der Waals surface area (Å²) in [5.74, 6) is 0. The number of hydrogen-bond acceptors (Lipinski definition) is 1. The Morgan fingerprint density at radius 2 is 1.64 bits per heavy atom. The quantitative estimate of drug-likeness (QED) is 0.674. The Hall–Kier alpha value is -0.633. The zero-order valence-corrected chi connectivity index (χ0v) is 11.0. The third-order valence-corrected chi connectivity index (χ3v) is 8.78. The van der Waals surface area contributed by atoms with Crippen LogP contribution >= 0.6 is 0 Å². The van der Waals surface area contributed by atoms with Gasteiger partial charge >= 0.3 is 0 Å². The average Bonchev–Trinajstić information content (AvgIpc) is 2.03. The van der Waals surface area contributed by atoms with E-state index >= 15 is 0 Å². The summed E-state index contributed by atoms with van der Waals surface area (Å²) in [7, 11) is -1.17. The highest BCUT2D eigenvalue weighted by atomic mass is 28.3. The van der Waals surface area contributed by atoms with Crippen LogP contribution in [0.4, 0.5) is 0 Å². The van der Waals surface area contributed by atoms with Crippen molar-refractivity contribution in [2.75, 3.05) is 0 Å². The van der Waals surface area contributed by atoms with Crippen LogP contribution in [0.1, 0.15) is 26.3 Å². The van der Waals surface area contributed by atoms with Crippen LogP contribution < -0.4 is 0 Å². The fraction of sp³-hybridized carbons (Fsp3) is 0.583. The van der Waals surface area contributed by atoms with E-state index in [4.69, 9.17) is 0 Å². The molecule has 0 aliphatic heterocycles. The molecule has 1 aromatic rings. The maximum atomic E-state index is 4.05. The zero-order chi connectivity index (χ0) is 10.8. The van der Waals surface area contributed by atoms with Crippen LogP contribution in [0.15, 0.2) is 24.5 Å². The second-order valence-electron chi connectivity index (χ2n) is 5.67. The predicted molar refractivity (Wildman–Crippen MR) is 65.1 cm³/mol. The molecule has 1 aromatic heterocycles. The van der Waals surface area contributed by atoms with Gasteiger partial charge in [-0.2, -0.15) is 0 Å². The van der Waals surface area contributed by atoms with E-state index in [0.717, 1.165) is 0 Å². The van der Waals surface area contributed by atoms with Crippen molar-refractivity contribution in [3.63, 3.8) is 0 Å². The Bertz CT molecular complexity index is 285. The summed E-state index contributed by atoms with van der Waals surface area (Å²) >= 11 is 0. The Morgan fingerprint density at radius 3 is 2.07 bits per heavy atom. The molecule has 2 heteroatoms. The van der Waals surface area contributed by atoms with Crippen LogP contribution in [0.5, 0.6) is 0 Å². The van der Waals surface area contributed by atoms with Gasteiger partial charge in [0.2, 0.25) is 0 Å². The standard InChI is InChI=1S/C12H21NSi/c1-12(2,3)14(4,5)10-11-6-8-13-9-7-11/h6-9H,10H2,1-5H3. The van der Waals surface area contributed by atoms with Crippen LogP contribution in [0, 0.1) is 0 Å². The van der Waals surface area contributed by atoms with Gasteiger partial charge in [-0.3, -0.25) is 4.98 Å². The first-order valence-corrected chi connectivity index (χ1v) is 8.42. The van der Waals surface area contributed by atoms with Crippen LogP contribution in [-0.2, 0) is 6.04 Å². The molecule has 0 saturated heterocycles. The van der Waals surface area contributed by atoms with Gasteiger partial charge in [-0.25, -0.2) is 0 Å². The van der Waals surface area contributed by atoms with E-state index in [0.29, 0.717) is 5.04 Å². The normalized spacial score (nSPS) is 12.9. The highest BCUT2D eigenvalue weighted by Gasteiger charge is 2.34. The molecule has 0 radical (unpaired) electrons. The van der Waals surface area contributed by atoms with E-state index in [9.17, 15) is 0 Å². The van der Waals surface area contributed by atoms with Crippen LogP contribution in [0.25, 0.3) is 0 Å². The summed E-state index contributed by atoms with van der Waals surface area (Å²) in [5.41, 5.74) is 1.44. The summed E-state index contributed by atoms with van der Waals surface area (Å²) in [6, 6.07) is 5.53. The first-order chi connectivity index (χ1) is 6.33. The van der Waals surface area contributed by atoms with Crippen molar-refractivity contribution in [1.29, 1.82) is 0 Å². The summed E-state index contributed by atoms with van der Waals surface area (Å²) in [6.07, 6.45) is 3.78. The van der Waals surface area contributed by atoms with Crippen molar-refractivity contribution in [3.05, 3.63) is 30.1 Å². The van der Waals surface area contributed by atoms with Crippen LogP contribution in [0.3, 0.4) is 0 Å². The molecule has 0 aliphatic carbocycles. The molecule has 1 heterocycles. The number of pyridine rings is 1. The third-order valence-electron chi connectivity index (χ3n) is 3.43. The molecule has 1 rings (SSSR count). The molecule has 0 saturated carbocycles. The van der Waals surface area contributed by atoms with Gasteiger partial charge in [0.15, 0.2) is 0 Å². The largest absolute Gasteiger partial charge is 0.265 e. The lowest BCUT2D eigenvalue weighted by Crippen LogP contribution is -2.39. The number of rotatable bonds is 2. The van der Waals surface area contributed by atoms with E-state index in [1.807, 2.05) is 12.4 Å².